The molecule has 7 nitrogen and oxygen atoms in total. The number of rotatable bonds is 2. The average Bonchev–Trinajstić information content (AvgIpc) is 3.08. The molecule has 7 heteroatoms. The molecule has 1 heterocycles. The van der Waals surface area contributed by atoms with Gasteiger partial charge in [-0.1, -0.05) is 54.6 Å². The number of nitrogens with zero attached hydrogens (tertiary/aromatic N) is 2. The van der Waals surface area contributed by atoms with E-state index in [1.807, 2.05) is 36.4 Å². The summed E-state index contributed by atoms with van der Waals surface area (Å²) in [5.41, 5.74) is -0.949. The summed E-state index contributed by atoms with van der Waals surface area (Å²) < 4.78 is 0. The zero-order chi connectivity index (χ0) is 18.7. The van der Waals surface area contributed by atoms with Gasteiger partial charge in [-0.3, -0.25) is 9.59 Å². The maximum Gasteiger partial charge on any atom is 0.331 e. The van der Waals surface area contributed by atoms with Gasteiger partial charge in [-0.25, -0.2) is 4.79 Å². The van der Waals surface area contributed by atoms with Gasteiger partial charge in [0.25, 0.3) is 5.91 Å². The summed E-state index contributed by atoms with van der Waals surface area (Å²) in [7, 11) is 0. The average molecular weight is 342 g/mol. The number of amides is 1. The Labute approximate surface area is 144 Å². The molecule has 0 saturated carbocycles. The van der Waals surface area contributed by atoms with Gasteiger partial charge < -0.3 is 10.2 Å². The second-order valence-corrected chi connectivity index (χ2v) is 5.28. The largest absolute Gasteiger partial charge is 0.481 e. The smallest absolute Gasteiger partial charge is 0.331 e. The quantitative estimate of drug-likeness (QED) is 0.856. The minimum absolute atomic E-state index is 0.0359. The van der Waals surface area contributed by atoms with E-state index in [-0.39, 0.29) is 17.9 Å². The van der Waals surface area contributed by atoms with Crippen LogP contribution in [0, 0.1) is 5.41 Å². The van der Waals surface area contributed by atoms with Gasteiger partial charge >= 0.3 is 11.9 Å². The van der Waals surface area contributed by atoms with Crippen molar-refractivity contribution < 1.29 is 24.6 Å². The fraction of sp³-hybridized carbons (Fsp3) is 0.167. The Hall–Kier alpha value is -3.35. The monoisotopic (exact) mass is 342 g/mol. The maximum atomic E-state index is 10.8. The van der Waals surface area contributed by atoms with Crippen LogP contribution in [-0.4, -0.2) is 28.1 Å². The zero-order valence-electron chi connectivity index (χ0n) is 13.6. The van der Waals surface area contributed by atoms with E-state index in [1.54, 1.807) is 0 Å². The minimum atomic E-state index is -1.08. The SMILES string of the molecule is CC1(C(=O)O)C=CC=C(C(=O)O)C1.O=C1C=CN=N1.c1ccccc1. The Kier molecular flexibility index (Phi) is 7.65. The van der Waals surface area contributed by atoms with Crippen LogP contribution in [-0.2, 0) is 14.4 Å². The van der Waals surface area contributed by atoms with Crippen molar-refractivity contribution in [1.82, 2.24) is 0 Å². The fourth-order valence-electron chi connectivity index (χ4n) is 1.79. The Morgan fingerprint density at radius 3 is 1.96 bits per heavy atom. The van der Waals surface area contributed by atoms with Crippen molar-refractivity contribution in [3.8, 4) is 0 Å². The van der Waals surface area contributed by atoms with E-state index in [4.69, 9.17) is 10.2 Å². The summed E-state index contributed by atoms with van der Waals surface area (Å²) in [6.07, 6.45) is 7.10. The lowest BCUT2D eigenvalue weighted by Gasteiger charge is -2.23. The predicted octanol–water partition coefficient (Wildman–Crippen LogP) is 3.23. The Morgan fingerprint density at radius 1 is 1.08 bits per heavy atom. The van der Waals surface area contributed by atoms with Gasteiger partial charge in [-0.15, -0.1) is 5.11 Å². The van der Waals surface area contributed by atoms with E-state index in [9.17, 15) is 14.4 Å². The molecule has 1 atom stereocenters. The first-order valence-electron chi connectivity index (χ1n) is 7.31. The van der Waals surface area contributed by atoms with Gasteiger partial charge in [0.2, 0.25) is 0 Å². The summed E-state index contributed by atoms with van der Waals surface area (Å²) in [6, 6.07) is 12.0. The van der Waals surface area contributed by atoms with Crippen molar-refractivity contribution in [3.63, 3.8) is 0 Å². The first kappa shape index (κ1) is 19.7. The lowest BCUT2D eigenvalue weighted by molar-refractivity contribution is -0.145. The molecule has 1 aromatic rings. The first-order valence-corrected chi connectivity index (χ1v) is 7.31. The Bertz CT molecular complexity index is 694. The Morgan fingerprint density at radius 2 is 1.64 bits per heavy atom. The third-order valence-corrected chi connectivity index (χ3v) is 3.19. The summed E-state index contributed by atoms with van der Waals surface area (Å²) in [4.78, 5) is 31.2. The number of aliphatic carboxylic acids is 2. The molecule has 130 valence electrons. The summed E-state index contributed by atoms with van der Waals surface area (Å²) in [5, 5.41) is 23.9. The van der Waals surface area contributed by atoms with Crippen molar-refractivity contribution >= 4 is 17.8 Å². The number of carbonyl (C=O) groups excluding carboxylic acids is 1. The Balaban J connectivity index is 0.000000214. The highest BCUT2D eigenvalue weighted by molar-refractivity contribution is 5.90. The molecule has 2 aliphatic rings. The maximum absolute atomic E-state index is 10.8. The van der Waals surface area contributed by atoms with E-state index in [1.165, 1.54) is 37.4 Å². The number of hydrogen-bond acceptors (Lipinski definition) is 4. The summed E-state index contributed by atoms with van der Waals surface area (Å²) in [5.74, 6) is -2.33. The summed E-state index contributed by atoms with van der Waals surface area (Å²) >= 11 is 0. The van der Waals surface area contributed by atoms with Crippen LogP contribution in [0.15, 0.2) is 82.7 Å². The molecule has 1 aromatic carbocycles. The van der Waals surface area contributed by atoms with E-state index in [0.29, 0.717) is 0 Å². The molecule has 0 saturated heterocycles. The standard InChI is InChI=1S/C9H10O4.C6H6.C3H2N2O/c1-9(8(12)13)4-2-3-6(5-9)7(10)11;1-2-4-6-5-3-1;6-3-1-2-4-5-3/h2-4H,5H2,1H3,(H,10,11)(H,12,13);1-6H;1-2H. The predicted molar refractivity (Wildman–Crippen MR) is 90.7 cm³/mol. The van der Waals surface area contributed by atoms with Crippen molar-refractivity contribution in [3.05, 3.63) is 72.5 Å². The lowest BCUT2D eigenvalue weighted by atomic mass is 9.80. The molecule has 0 radical (unpaired) electrons. The third kappa shape index (κ3) is 7.17. The van der Waals surface area contributed by atoms with Gasteiger partial charge in [-0.05, 0) is 13.3 Å². The molecule has 25 heavy (non-hydrogen) atoms. The molecule has 0 aromatic heterocycles. The number of benzene rings is 1. The van der Waals surface area contributed by atoms with Crippen LogP contribution in [0.25, 0.3) is 0 Å². The van der Waals surface area contributed by atoms with Gasteiger partial charge in [0, 0.05) is 11.6 Å². The molecule has 0 fully saturated rings. The van der Waals surface area contributed by atoms with Crippen molar-refractivity contribution in [2.45, 2.75) is 13.3 Å². The van der Waals surface area contributed by atoms with Crippen molar-refractivity contribution in [2.75, 3.05) is 0 Å². The van der Waals surface area contributed by atoms with Gasteiger partial charge in [0.15, 0.2) is 0 Å². The topological polar surface area (TPSA) is 116 Å². The molecule has 2 N–H and O–H groups in total. The van der Waals surface area contributed by atoms with E-state index in [2.05, 4.69) is 10.2 Å². The zero-order valence-corrected chi connectivity index (χ0v) is 13.6. The highest BCUT2D eigenvalue weighted by atomic mass is 16.4. The molecule has 0 spiro atoms. The van der Waals surface area contributed by atoms with E-state index < -0.39 is 17.4 Å². The number of hydrogen-bond donors (Lipinski definition) is 2. The van der Waals surface area contributed by atoms with Crippen LogP contribution >= 0.6 is 0 Å². The van der Waals surface area contributed by atoms with Gasteiger partial charge in [-0.2, -0.15) is 5.11 Å². The van der Waals surface area contributed by atoms with Crippen LogP contribution in [0.4, 0.5) is 0 Å². The van der Waals surface area contributed by atoms with E-state index in [0.717, 1.165) is 0 Å². The number of carboxylic acids is 2. The van der Waals surface area contributed by atoms with E-state index >= 15 is 0 Å². The van der Waals surface area contributed by atoms with Crippen LogP contribution in [0.1, 0.15) is 13.3 Å². The van der Waals surface area contributed by atoms with Crippen LogP contribution < -0.4 is 0 Å². The van der Waals surface area contributed by atoms with Gasteiger partial charge in [0.1, 0.15) is 0 Å². The molecule has 1 unspecified atom stereocenters. The third-order valence-electron chi connectivity index (χ3n) is 3.19. The highest BCUT2D eigenvalue weighted by Crippen LogP contribution is 2.31. The second kappa shape index (κ2) is 9.71. The van der Waals surface area contributed by atoms with Crippen LogP contribution in [0.2, 0.25) is 0 Å². The molecular weight excluding hydrogens is 324 g/mol. The van der Waals surface area contributed by atoms with Gasteiger partial charge in [0.05, 0.1) is 11.6 Å². The van der Waals surface area contributed by atoms with Crippen LogP contribution in [0.3, 0.4) is 0 Å². The molecule has 1 amide bonds. The van der Waals surface area contributed by atoms with Crippen LogP contribution in [0.5, 0.6) is 0 Å². The number of carbonyl (C=O) groups is 3. The highest BCUT2D eigenvalue weighted by Gasteiger charge is 2.34. The van der Waals surface area contributed by atoms with Crippen molar-refractivity contribution in [1.29, 1.82) is 0 Å². The minimum Gasteiger partial charge on any atom is -0.481 e. The lowest BCUT2D eigenvalue weighted by Crippen LogP contribution is -2.28. The summed E-state index contributed by atoms with van der Waals surface area (Å²) in [6.45, 7) is 1.50. The fourth-order valence-corrected chi connectivity index (χ4v) is 1.79. The molecule has 1 aliphatic heterocycles. The molecular formula is C18H18N2O5. The number of carboxylic acid groups (broad SMARTS) is 2. The number of allylic oxidation sites excluding steroid dienone is 2. The second-order valence-electron chi connectivity index (χ2n) is 5.28. The number of azo groups is 1. The normalized spacial score (nSPS) is 19.9. The molecule has 0 bridgehead atoms. The van der Waals surface area contributed by atoms with Crippen molar-refractivity contribution in [2.24, 2.45) is 15.6 Å². The molecule has 1 aliphatic carbocycles. The first-order chi connectivity index (χ1) is 11.8. The molecule has 3 rings (SSSR count).